The van der Waals surface area contributed by atoms with Crippen LogP contribution in [0.2, 0.25) is 0 Å². The molecule has 2 heterocycles. The van der Waals surface area contributed by atoms with Crippen molar-refractivity contribution in [3.05, 3.63) is 108 Å². The predicted octanol–water partition coefficient (Wildman–Crippen LogP) is 4.49. The maximum absolute atomic E-state index is 12.6. The molecular formula is C30H33BN4O. The Hall–Kier alpha value is -3.22. The zero-order valence-corrected chi connectivity index (χ0v) is 20.5. The molecule has 1 amide bonds. The van der Waals surface area contributed by atoms with Gasteiger partial charge in [0.15, 0.2) is 0 Å². The summed E-state index contributed by atoms with van der Waals surface area (Å²) in [5.41, 5.74) is 4.82. The van der Waals surface area contributed by atoms with Crippen LogP contribution < -0.4 is 21.3 Å². The average molecular weight is 476 g/mol. The fourth-order valence-corrected chi connectivity index (χ4v) is 5.66. The molecule has 2 fully saturated rings. The average Bonchev–Trinajstić information content (AvgIpc) is 3.60. The van der Waals surface area contributed by atoms with E-state index in [1.54, 1.807) is 0 Å². The van der Waals surface area contributed by atoms with E-state index in [-0.39, 0.29) is 24.2 Å². The zero-order valence-electron chi connectivity index (χ0n) is 20.5. The first-order chi connectivity index (χ1) is 17.6. The molecule has 1 saturated carbocycles. The summed E-state index contributed by atoms with van der Waals surface area (Å²) in [5.74, 6) is 4.20. The minimum atomic E-state index is -0.0842. The molecule has 6 rings (SSSR count). The molecule has 5 nitrogen and oxygen atoms in total. The van der Waals surface area contributed by atoms with Gasteiger partial charge in [-0.25, -0.2) is 0 Å². The van der Waals surface area contributed by atoms with E-state index in [1.807, 2.05) is 43.4 Å². The Morgan fingerprint density at radius 1 is 1.00 bits per heavy atom. The van der Waals surface area contributed by atoms with E-state index in [9.17, 15) is 4.79 Å². The van der Waals surface area contributed by atoms with Crippen molar-refractivity contribution in [3.8, 4) is 0 Å². The number of allylic oxidation sites excluding steroid dienone is 7. The molecule has 0 spiro atoms. The number of hydrogen-bond donors (Lipinski definition) is 4. The summed E-state index contributed by atoms with van der Waals surface area (Å²) in [7, 11) is 0. The summed E-state index contributed by atoms with van der Waals surface area (Å²) in [4.78, 5) is 12.6. The standard InChI is InChI=1S/C30H33BN4O/c1-19(21-9-6-10-22-16-24(22)15-21)32-25-12-13-26-27(17-25)34-29(33-26)23-11-14-28(31-18-23)35-30(36)20-7-4-2-3-5-8-20/h2-4,6-9,11-14,17-18,21-22,24,26-27,29,32-34H,1,5,10,15-16H2,(H,35,36). The number of rotatable bonds is 6. The number of hydrogen-bond acceptors (Lipinski definition) is 4. The second-order valence-corrected chi connectivity index (χ2v) is 10.5. The quantitative estimate of drug-likeness (QED) is 0.457. The first-order valence-electron chi connectivity index (χ1n) is 13.1. The van der Waals surface area contributed by atoms with Gasteiger partial charge in [0.2, 0.25) is 0 Å². The fourth-order valence-electron chi connectivity index (χ4n) is 5.66. The molecule has 1 aromatic heterocycles. The second-order valence-electron chi connectivity index (χ2n) is 10.5. The normalized spacial score (nSPS) is 31.8. The van der Waals surface area contributed by atoms with E-state index < -0.39 is 0 Å². The Kier molecular flexibility index (Phi) is 6.47. The van der Waals surface area contributed by atoms with Gasteiger partial charge in [0.05, 0.1) is 0 Å². The molecule has 1 aromatic rings. The molecule has 1 saturated heterocycles. The summed E-state index contributed by atoms with van der Waals surface area (Å²) in [6.45, 7) is 6.33. The van der Waals surface area contributed by atoms with Crippen LogP contribution in [-0.2, 0) is 4.79 Å². The molecule has 6 heteroatoms. The third-order valence-corrected chi connectivity index (χ3v) is 7.89. The first kappa shape index (κ1) is 23.2. The van der Waals surface area contributed by atoms with Crippen molar-refractivity contribution in [1.29, 1.82) is 0 Å². The Balaban J connectivity index is 1.05. The van der Waals surface area contributed by atoms with E-state index in [4.69, 9.17) is 0 Å². The van der Waals surface area contributed by atoms with Gasteiger partial charge in [-0.3, -0.25) is 0 Å². The first-order valence-corrected chi connectivity index (χ1v) is 13.1. The maximum atomic E-state index is 12.6. The van der Waals surface area contributed by atoms with E-state index in [2.05, 4.69) is 70.3 Å². The Bertz CT molecular complexity index is 1220. The SMILES string of the molecule is C=C(NC1=CC2NC(c3cbc(NC(=O)C4=CCC=CC=C4)cc3)NC2C=C1)C1C=CCC2CC2C1. The summed E-state index contributed by atoms with van der Waals surface area (Å²) >= 11 is 0. The monoisotopic (exact) mass is 476 g/mol. The van der Waals surface area contributed by atoms with Crippen molar-refractivity contribution in [2.24, 2.45) is 17.8 Å². The minimum absolute atomic E-state index is 0.0448. The number of amides is 1. The van der Waals surface area contributed by atoms with Crippen LogP contribution in [0.5, 0.6) is 0 Å². The Labute approximate surface area is 214 Å². The van der Waals surface area contributed by atoms with Crippen molar-refractivity contribution in [3.63, 3.8) is 0 Å². The summed E-state index contributed by atoms with van der Waals surface area (Å²) in [6, 6.07) is 4.47. The van der Waals surface area contributed by atoms with Crippen LogP contribution in [0.4, 0.5) is 5.58 Å². The number of nitrogens with one attached hydrogen (secondary N) is 4. The van der Waals surface area contributed by atoms with Gasteiger partial charge in [-0.05, 0) is 18.8 Å². The van der Waals surface area contributed by atoms with Crippen molar-refractivity contribution < 1.29 is 4.79 Å². The molecule has 5 aliphatic rings. The van der Waals surface area contributed by atoms with E-state index in [0.29, 0.717) is 11.5 Å². The van der Waals surface area contributed by atoms with Crippen LogP contribution in [0.25, 0.3) is 0 Å². The van der Waals surface area contributed by atoms with E-state index in [1.165, 1.54) is 19.3 Å². The van der Waals surface area contributed by atoms with Crippen LogP contribution in [-0.4, -0.2) is 24.9 Å². The summed E-state index contributed by atoms with van der Waals surface area (Å²) in [5, 5.41) is 14.0. The number of fused-ring (bicyclic) bond motifs is 2. The van der Waals surface area contributed by atoms with E-state index in [0.717, 1.165) is 40.8 Å². The zero-order chi connectivity index (χ0) is 24.5. The van der Waals surface area contributed by atoms with E-state index >= 15 is 0 Å². The molecule has 6 unspecified atom stereocenters. The summed E-state index contributed by atoms with van der Waals surface area (Å²) in [6.07, 6.45) is 25.7. The molecule has 36 heavy (non-hydrogen) atoms. The van der Waals surface area contributed by atoms with Crippen molar-refractivity contribution >= 4 is 18.4 Å². The van der Waals surface area contributed by atoms with Crippen molar-refractivity contribution in [2.75, 3.05) is 5.32 Å². The van der Waals surface area contributed by atoms with Crippen LogP contribution >= 0.6 is 0 Å². The van der Waals surface area contributed by atoms with Crippen molar-refractivity contribution in [1.82, 2.24) is 16.0 Å². The van der Waals surface area contributed by atoms with Gasteiger partial charge >= 0.3 is 195 Å². The van der Waals surface area contributed by atoms with Crippen molar-refractivity contribution in [2.45, 2.75) is 43.9 Å². The molecule has 6 atom stereocenters. The molecule has 1 aliphatic heterocycles. The summed E-state index contributed by atoms with van der Waals surface area (Å²) < 4.78 is 0. The molecule has 4 N–H and O–H groups in total. The number of anilines is 1. The van der Waals surface area contributed by atoms with Gasteiger partial charge in [-0.2, -0.15) is 0 Å². The number of carbonyl (C=O) groups is 1. The molecule has 0 bridgehead atoms. The van der Waals surface area contributed by atoms with Crippen LogP contribution in [0.1, 0.15) is 37.4 Å². The van der Waals surface area contributed by atoms with Gasteiger partial charge in [0, 0.05) is 0 Å². The molecule has 0 radical (unpaired) electrons. The van der Waals surface area contributed by atoms with Gasteiger partial charge in [0.1, 0.15) is 0 Å². The third kappa shape index (κ3) is 5.16. The van der Waals surface area contributed by atoms with Gasteiger partial charge in [-0.1, -0.05) is 0 Å². The second kappa shape index (κ2) is 10.0. The van der Waals surface area contributed by atoms with Gasteiger partial charge < -0.3 is 0 Å². The van der Waals surface area contributed by atoms with Crippen LogP contribution in [0.3, 0.4) is 0 Å². The topological polar surface area (TPSA) is 65.2 Å². The van der Waals surface area contributed by atoms with Gasteiger partial charge in [0.25, 0.3) is 0 Å². The Morgan fingerprint density at radius 3 is 2.81 bits per heavy atom. The molecule has 182 valence electrons. The molecular weight excluding hydrogens is 443 g/mol. The predicted molar refractivity (Wildman–Crippen MR) is 147 cm³/mol. The van der Waals surface area contributed by atoms with Gasteiger partial charge in [-0.15, -0.1) is 0 Å². The number of carbonyl (C=O) groups excluding carboxylic acids is 1. The van der Waals surface area contributed by atoms with Crippen LogP contribution in [0.15, 0.2) is 102 Å². The Morgan fingerprint density at radius 2 is 1.92 bits per heavy atom. The third-order valence-electron chi connectivity index (χ3n) is 7.89. The fraction of sp³-hybridized carbons (Fsp3) is 0.333. The molecule has 0 aromatic carbocycles. The van der Waals surface area contributed by atoms with Crippen LogP contribution in [0, 0.1) is 17.8 Å². The molecule has 4 aliphatic carbocycles.